The molecule has 0 aliphatic carbocycles. The van der Waals surface area contributed by atoms with Crippen molar-refractivity contribution in [1.29, 1.82) is 0 Å². The quantitative estimate of drug-likeness (QED) is 0.776. The van der Waals surface area contributed by atoms with Gasteiger partial charge in [-0.3, -0.25) is 0 Å². The van der Waals surface area contributed by atoms with E-state index in [-0.39, 0.29) is 5.60 Å². The zero-order valence-corrected chi connectivity index (χ0v) is 12.1. The first kappa shape index (κ1) is 14.6. The number of nitrogens with zero attached hydrogens (tertiary/aromatic N) is 1. The highest BCUT2D eigenvalue weighted by atomic mass is 32.1. The first-order chi connectivity index (χ1) is 8.16. The number of hydrogen-bond acceptors (Lipinski definition) is 4. The lowest BCUT2D eigenvalue weighted by Crippen LogP contribution is -2.51. The maximum atomic E-state index is 5.71. The second-order valence-electron chi connectivity index (χ2n) is 4.51. The highest BCUT2D eigenvalue weighted by molar-refractivity contribution is 7.09. The maximum absolute atomic E-state index is 5.71. The Labute approximate surface area is 109 Å². The normalized spacial score (nSPS) is 16.7. The highest BCUT2D eigenvalue weighted by Gasteiger charge is 2.32. The van der Waals surface area contributed by atoms with Gasteiger partial charge in [-0.05, 0) is 26.3 Å². The molecular formula is C13H24N2OS. The highest BCUT2D eigenvalue weighted by Crippen LogP contribution is 2.23. The molecule has 3 nitrogen and oxygen atoms in total. The lowest BCUT2D eigenvalue weighted by Gasteiger charge is -2.36. The fourth-order valence-corrected chi connectivity index (χ4v) is 2.55. The zero-order valence-electron chi connectivity index (χ0n) is 11.3. The van der Waals surface area contributed by atoms with Gasteiger partial charge < -0.3 is 10.1 Å². The molecular weight excluding hydrogens is 232 g/mol. The van der Waals surface area contributed by atoms with Gasteiger partial charge in [-0.1, -0.05) is 13.8 Å². The van der Waals surface area contributed by atoms with E-state index in [0.29, 0.717) is 6.04 Å². The molecule has 0 spiro atoms. The second kappa shape index (κ2) is 7.09. The van der Waals surface area contributed by atoms with E-state index >= 15 is 0 Å². The van der Waals surface area contributed by atoms with Crippen LogP contribution in [-0.2, 0) is 11.2 Å². The van der Waals surface area contributed by atoms with Gasteiger partial charge in [-0.15, -0.1) is 11.3 Å². The van der Waals surface area contributed by atoms with E-state index in [1.54, 1.807) is 18.4 Å². The van der Waals surface area contributed by atoms with Crippen LogP contribution in [0.3, 0.4) is 0 Å². The average molecular weight is 256 g/mol. The molecule has 0 aromatic carbocycles. The van der Waals surface area contributed by atoms with Crippen LogP contribution in [0.1, 0.15) is 38.6 Å². The number of rotatable bonds is 8. The Kier molecular flexibility index (Phi) is 6.09. The van der Waals surface area contributed by atoms with Crippen LogP contribution in [0, 0.1) is 0 Å². The fourth-order valence-electron chi connectivity index (χ4n) is 1.88. The molecule has 4 heteroatoms. The van der Waals surface area contributed by atoms with E-state index in [0.717, 1.165) is 25.8 Å². The van der Waals surface area contributed by atoms with E-state index in [4.69, 9.17) is 4.74 Å². The Bertz CT molecular complexity index is 296. The van der Waals surface area contributed by atoms with Crippen LogP contribution >= 0.6 is 11.3 Å². The predicted molar refractivity (Wildman–Crippen MR) is 73.6 cm³/mol. The van der Waals surface area contributed by atoms with Crippen molar-refractivity contribution in [1.82, 2.24) is 10.3 Å². The van der Waals surface area contributed by atoms with Crippen LogP contribution in [0.5, 0.6) is 0 Å². The van der Waals surface area contributed by atoms with Crippen molar-refractivity contribution >= 4 is 11.3 Å². The van der Waals surface area contributed by atoms with Gasteiger partial charge in [0.2, 0.25) is 0 Å². The molecule has 17 heavy (non-hydrogen) atoms. The Morgan fingerprint density at radius 1 is 1.53 bits per heavy atom. The molecule has 0 aliphatic rings. The molecule has 2 atom stereocenters. The van der Waals surface area contributed by atoms with Gasteiger partial charge in [-0.2, -0.15) is 0 Å². The van der Waals surface area contributed by atoms with E-state index in [1.165, 1.54) is 5.01 Å². The molecule has 0 saturated heterocycles. The summed E-state index contributed by atoms with van der Waals surface area (Å²) >= 11 is 1.72. The maximum Gasteiger partial charge on any atom is 0.0941 e. The van der Waals surface area contributed by atoms with Crippen LogP contribution in [0.2, 0.25) is 0 Å². The third-order valence-electron chi connectivity index (χ3n) is 3.41. The molecule has 1 aromatic heterocycles. The fraction of sp³-hybridized carbons (Fsp3) is 0.769. The summed E-state index contributed by atoms with van der Waals surface area (Å²) in [5.74, 6) is 0. The smallest absolute Gasteiger partial charge is 0.0941 e. The number of nitrogens with one attached hydrogen (secondary N) is 1. The molecule has 0 fully saturated rings. The van der Waals surface area contributed by atoms with Crippen molar-refractivity contribution in [3.63, 3.8) is 0 Å². The number of methoxy groups -OCH3 is 1. The summed E-state index contributed by atoms with van der Waals surface area (Å²) in [6.45, 7) is 7.55. The van der Waals surface area contributed by atoms with Crippen molar-refractivity contribution in [2.75, 3.05) is 13.7 Å². The minimum atomic E-state index is -0.124. The molecule has 2 unspecified atom stereocenters. The molecule has 1 aromatic rings. The number of thiazole rings is 1. The van der Waals surface area contributed by atoms with Crippen LogP contribution in [0.25, 0.3) is 0 Å². The molecule has 0 bridgehead atoms. The summed E-state index contributed by atoms with van der Waals surface area (Å²) in [6.07, 6.45) is 4.94. The largest absolute Gasteiger partial charge is 0.377 e. The minimum absolute atomic E-state index is 0.124. The van der Waals surface area contributed by atoms with Gasteiger partial charge >= 0.3 is 0 Å². The second-order valence-corrected chi connectivity index (χ2v) is 5.49. The Balaban J connectivity index is 2.71. The average Bonchev–Trinajstić information content (AvgIpc) is 2.86. The zero-order chi connectivity index (χ0) is 12.7. The minimum Gasteiger partial charge on any atom is -0.377 e. The van der Waals surface area contributed by atoms with E-state index < -0.39 is 0 Å². The summed E-state index contributed by atoms with van der Waals surface area (Å²) in [5, 5.41) is 6.80. The lowest BCUT2D eigenvalue weighted by molar-refractivity contribution is -0.0287. The Hall–Kier alpha value is -0.450. The first-order valence-corrected chi connectivity index (χ1v) is 7.21. The van der Waals surface area contributed by atoms with E-state index in [1.807, 2.05) is 11.6 Å². The monoisotopic (exact) mass is 256 g/mol. The molecule has 0 radical (unpaired) electrons. The van der Waals surface area contributed by atoms with Gasteiger partial charge in [-0.25, -0.2) is 4.98 Å². The summed E-state index contributed by atoms with van der Waals surface area (Å²) in [6, 6.07) is 0.323. The third kappa shape index (κ3) is 4.05. The number of aromatic nitrogens is 1. The van der Waals surface area contributed by atoms with Gasteiger partial charge in [0.05, 0.1) is 10.6 Å². The molecule has 1 rings (SSSR count). The van der Waals surface area contributed by atoms with Gasteiger partial charge in [0.15, 0.2) is 0 Å². The van der Waals surface area contributed by atoms with Crippen molar-refractivity contribution in [2.24, 2.45) is 0 Å². The first-order valence-electron chi connectivity index (χ1n) is 6.33. The van der Waals surface area contributed by atoms with Crippen molar-refractivity contribution in [2.45, 2.75) is 51.7 Å². The molecule has 0 aliphatic heterocycles. The van der Waals surface area contributed by atoms with E-state index in [9.17, 15) is 0 Å². The summed E-state index contributed by atoms with van der Waals surface area (Å²) in [5.41, 5.74) is -0.124. The predicted octanol–water partition coefficient (Wildman–Crippen LogP) is 2.87. The Morgan fingerprint density at radius 3 is 2.76 bits per heavy atom. The number of hydrogen-bond donors (Lipinski definition) is 1. The van der Waals surface area contributed by atoms with Crippen LogP contribution < -0.4 is 5.32 Å². The van der Waals surface area contributed by atoms with E-state index in [2.05, 4.69) is 31.1 Å². The van der Waals surface area contributed by atoms with Crippen LogP contribution in [-0.4, -0.2) is 30.3 Å². The van der Waals surface area contributed by atoms with Gasteiger partial charge in [0.1, 0.15) is 0 Å². The molecule has 98 valence electrons. The molecule has 0 saturated carbocycles. The topological polar surface area (TPSA) is 34.2 Å². The SMILES string of the molecule is CCCNC(Cc1nccs1)C(C)(CC)OC. The van der Waals surface area contributed by atoms with Crippen molar-refractivity contribution < 1.29 is 4.74 Å². The third-order valence-corrected chi connectivity index (χ3v) is 4.21. The van der Waals surface area contributed by atoms with Crippen LogP contribution in [0.4, 0.5) is 0 Å². The molecule has 1 heterocycles. The number of ether oxygens (including phenoxy) is 1. The van der Waals surface area contributed by atoms with Crippen LogP contribution in [0.15, 0.2) is 11.6 Å². The molecule has 0 amide bonds. The molecule has 1 N–H and O–H groups in total. The van der Waals surface area contributed by atoms with Crippen molar-refractivity contribution in [3.8, 4) is 0 Å². The Morgan fingerprint density at radius 2 is 2.29 bits per heavy atom. The lowest BCUT2D eigenvalue weighted by atomic mass is 9.90. The van der Waals surface area contributed by atoms with Gasteiger partial charge in [0.25, 0.3) is 0 Å². The van der Waals surface area contributed by atoms with Gasteiger partial charge in [0, 0.05) is 31.1 Å². The summed E-state index contributed by atoms with van der Waals surface area (Å²) in [7, 11) is 1.80. The standard InChI is InChI=1S/C13H24N2OS/c1-5-7-14-11(13(3,6-2)16-4)10-12-15-8-9-17-12/h8-9,11,14H,5-7,10H2,1-4H3. The summed E-state index contributed by atoms with van der Waals surface area (Å²) in [4.78, 5) is 4.37. The summed E-state index contributed by atoms with van der Waals surface area (Å²) < 4.78 is 5.71. The van der Waals surface area contributed by atoms with Crippen molar-refractivity contribution in [3.05, 3.63) is 16.6 Å².